The van der Waals surface area contributed by atoms with Gasteiger partial charge in [0.15, 0.2) is 23.8 Å². The zero-order chi connectivity index (χ0) is 17.5. The molecule has 0 unspecified atom stereocenters. The van der Waals surface area contributed by atoms with Crippen molar-refractivity contribution in [2.75, 3.05) is 13.3 Å². The molecule has 0 aliphatic carbocycles. The first-order valence-electron chi connectivity index (χ1n) is 8.61. The van der Waals surface area contributed by atoms with Crippen LogP contribution < -0.4 is 9.47 Å². The molecule has 0 fully saturated rings. The van der Waals surface area contributed by atoms with Gasteiger partial charge in [0.1, 0.15) is 6.54 Å². The van der Waals surface area contributed by atoms with E-state index in [0.29, 0.717) is 0 Å². The van der Waals surface area contributed by atoms with E-state index < -0.39 is 0 Å². The molecule has 26 heavy (non-hydrogen) atoms. The topological polar surface area (TPSA) is 34.6 Å². The molecular formula is C21H17BrNO3+. The Hall–Kier alpha value is -2.53. The van der Waals surface area contributed by atoms with E-state index in [1.807, 2.05) is 12.1 Å². The van der Waals surface area contributed by atoms with Crippen LogP contribution in [0.5, 0.6) is 11.5 Å². The fourth-order valence-corrected chi connectivity index (χ4v) is 3.88. The van der Waals surface area contributed by atoms with Gasteiger partial charge in [-0.15, -0.1) is 0 Å². The molecule has 0 N–H and O–H groups in total. The smallest absolute Gasteiger partial charge is 0.250 e. The molecule has 1 aromatic heterocycles. The molecule has 2 aromatic carbocycles. The second kappa shape index (κ2) is 6.32. The van der Waals surface area contributed by atoms with E-state index in [4.69, 9.17) is 13.9 Å². The summed E-state index contributed by atoms with van der Waals surface area (Å²) < 4.78 is 20.4. The van der Waals surface area contributed by atoms with Crippen molar-refractivity contribution in [3.63, 3.8) is 0 Å². The Morgan fingerprint density at radius 1 is 1.00 bits per heavy atom. The van der Waals surface area contributed by atoms with Crippen molar-refractivity contribution in [3.8, 4) is 11.5 Å². The Bertz CT molecular complexity index is 991. The third-order valence-electron chi connectivity index (χ3n) is 4.86. The maximum Gasteiger partial charge on any atom is 0.250 e. The highest BCUT2D eigenvalue weighted by molar-refractivity contribution is 9.10. The second-order valence-corrected chi connectivity index (χ2v) is 7.40. The molecule has 2 aliphatic heterocycles. The molecule has 3 aromatic rings. The number of furan rings is 1. The molecular weight excluding hydrogens is 394 g/mol. The van der Waals surface area contributed by atoms with Crippen LogP contribution in [0.15, 0.2) is 63.7 Å². The van der Waals surface area contributed by atoms with Crippen LogP contribution >= 0.6 is 15.9 Å². The lowest BCUT2D eigenvalue weighted by atomic mass is 9.94. The highest BCUT2D eigenvalue weighted by atomic mass is 79.9. The maximum atomic E-state index is 5.78. The summed E-state index contributed by atoms with van der Waals surface area (Å²) in [6, 6.07) is 16.6. The lowest BCUT2D eigenvalue weighted by molar-refractivity contribution is -0.544. The Balaban J connectivity index is 1.64. The summed E-state index contributed by atoms with van der Waals surface area (Å²) in [6.07, 6.45) is 2.69. The van der Waals surface area contributed by atoms with E-state index in [9.17, 15) is 0 Å². The predicted molar refractivity (Wildman–Crippen MR) is 101 cm³/mol. The van der Waals surface area contributed by atoms with Gasteiger partial charge in [0.05, 0.1) is 11.8 Å². The largest absolute Gasteiger partial charge is 0.458 e. The van der Waals surface area contributed by atoms with Gasteiger partial charge >= 0.3 is 0 Å². The highest BCUT2D eigenvalue weighted by Crippen LogP contribution is 2.37. The molecule has 5 rings (SSSR count). The first-order chi connectivity index (χ1) is 12.8. The van der Waals surface area contributed by atoms with Crippen molar-refractivity contribution in [3.05, 3.63) is 81.7 Å². The van der Waals surface area contributed by atoms with Crippen molar-refractivity contribution in [2.24, 2.45) is 0 Å². The molecule has 4 nitrogen and oxygen atoms in total. The second-order valence-electron chi connectivity index (χ2n) is 6.49. The van der Waals surface area contributed by atoms with Crippen molar-refractivity contribution in [2.45, 2.75) is 13.0 Å². The number of hydrogen-bond donors (Lipinski definition) is 0. The Morgan fingerprint density at radius 2 is 1.81 bits per heavy atom. The van der Waals surface area contributed by atoms with Crippen molar-refractivity contribution in [1.82, 2.24) is 0 Å². The Kier molecular flexibility index (Phi) is 3.82. The summed E-state index contributed by atoms with van der Waals surface area (Å²) in [5.74, 6) is 2.52. The number of nitrogens with zero attached hydrogens (tertiary/aromatic N) is 1. The number of fused-ring (bicyclic) bond motifs is 2. The predicted octanol–water partition coefficient (Wildman–Crippen LogP) is 4.38. The van der Waals surface area contributed by atoms with Gasteiger partial charge in [-0.1, -0.05) is 28.1 Å². The monoisotopic (exact) mass is 410 g/mol. The van der Waals surface area contributed by atoms with E-state index in [-0.39, 0.29) is 6.79 Å². The van der Waals surface area contributed by atoms with Crippen LogP contribution in [0.25, 0.3) is 0 Å². The molecule has 0 saturated carbocycles. The van der Waals surface area contributed by atoms with Crippen molar-refractivity contribution in [1.29, 1.82) is 0 Å². The van der Waals surface area contributed by atoms with Crippen LogP contribution in [0, 0.1) is 0 Å². The minimum Gasteiger partial charge on any atom is -0.458 e. The molecule has 0 spiro atoms. The summed E-state index contributed by atoms with van der Waals surface area (Å²) in [5.41, 5.74) is 4.80. The lowest BCUT2D eigenvalue weighted by Crippen LogP contribution is -2.30. The van der Waals surface area contributed by atoms with Gasteiger partial charge in [0.2, 0.25) is 6.79 Å². The van der Waals surface area contributed by atoms with E-state index in [2.05, 4.69) is 56.9 Å². The first-order valence-corrected chi connectivity index (χ1v) is 9.40. The van der Waals surface area contributed by atoms with E-state index in [1.54, 1.807) is 6.26 Å². The van der Waals surface area contributed by atoms with Gasteiger partial charge in [0.25, 0.3) is 5.71 Å². The molecule has 0 atom stereocenters. The number of benzene rings is 2. The molecule has 0 radical (unpaired) electrons. The molecule has 3 heterocycles. The third-order valence-corrected chi connectivity index (χ3v) is 5.39. The maximum absolute atomic E-state index is 5.78. The number of hydrogen-bond acceptors (Lipinski definition) is 3. The van der Waals surface area contributed by atoms with E-state index in [1.165, 1.54) is 11.1 Å². The average Bonchev–Trinajstić information content (AvgIpc) is 3.33. The first kappa shape index (κ1) is 15.7. The van der Waals surface area contributed by atoms with Gasteiger partial charge < -0.3 is 13.9 Å². The van der Waals surface area contributed by atoms with Crippen LogP contribution in [0.2, 0.25) is 0 Å². The Morgan fingerprint density at radius 3 is 2.58 bits per heavy atom. The minimum atomic E-state index is 0.289. The number of ether oxygens (including phenoxy) is 2. The van der Waals surface area contributed by atoms with Crippen LogP contribution in [0.3, 0.4) is 0 Å². The molecule has 5 heteroatoms. The lowest BCUT2D eigenvalue weighted by Gasteiger charge is -2.18. The van der Waals surface area contributed by atoms with Crippen molar-refractivity contribution < 1.29 is 18.5 Å². The zero-order valence-electron chi connectivity index (χ0n) is 14.1. The fourth-order valence-electron chi connectivity index (χ4n) is 3.62. The summed E-state index contributed by atoms with van der Waals surface area (Å²) >= 11 is 3.50. The van der Waals surface area contributed by atoms with Gasteiger partial charge in [0, 0.05) is 16.5 Å². The van der Waals surface area contributed by atoms with Gasteiger partial charge in [-0.05, 0) is 42.0 Å². The van der Waals surface area contributed by atoms with Crippen LogP contribution in [-0.2, 0) is 13.0 Å². The molecule has 0 amide bonds. The standard InChI is InChI=1S/C21H17BrNO3/c22-16-5-3-14(4-6-16)12-23-8-7-15-10-19-20(26-13-25-19)11-17(15)21(23)18-2-1-9-24-18/h1-6,9-11H,7-8,12-13H2/q+1. The minimum absolute atomic E-state index is 0.289. The van der Waals surface area contributed by atoms with Crippen molar-refractivity contribution >= 4 is 21.6 Å². The summed E-state index contributed by atoms with van der Waals surface area (Å²) in [7, 11) is 0. The summed E-state index contributed by atoms with van der Waals surface area (Å²) in [4.78, 5) is 0. The molecule has 2 aliphatic rings. The average molecular weight is 411 g/mol. The zero-order valence-corrected chi connectivity index (χ0v) is 15.7. The Labute approximate surface area is 159 Å². The third kappa shape index (κ3) is 2.72. The van der Waals surface area contributed by atoms with E-state index >= 15 is 0 Å². The summed E-state index contributed by atoms with van der Waals surface area (Å²) in [5, 5.41) is 0. The van der Waals surface area contributed by atoms with Gasteiger partial charge in [-0.25, -0.2) is 4.58 Å². The molecule has 0 bridgehead atoms. The number of halogens is 1. The quantitative estimate of drug-likeness (QED) is 0.601. The summed E-state index contributed by atoms with van der Waals surface area (Å²) in [6.45, 7) is 2.05. The van der Waals surface area contributed by atoms with Gasteiger partial charge in [-0.2, -0.15) is 0 Å². The van der Waals surface area contributed by atoms with Crippen LogP contribution in [-0.4, -0.2) is 23.6 Å². The molecule has 0 saturated heterocycles. The SMILES string of the molecule is Brc1ccc(C[N+]2=C(c3ccco3)c3cc4c(cc3CC2)OCO4)cc1. The fraction of sp³-hybridized carbons (Fsp3) is 0.190. The van der Waals surface area contributed by atoms with E-state index in [0.717, 1.165) is 52.5 Å². The molecule has 130 valence electrons. The van der Waals surface area contributed by atoms with Gasteiger partial charge in [-0.3, -0.25) is 0 Å². The van der Waals surface area contributed by atoms with Crippen LogP contribution in [0.4, 0.5) is 0 Å². The number of rotatable bonds is 3. The highest BCUT2D eigenvalue weighted by Gasteiger charge is 2.32. The van der Waals surface area contributed by atoms with Crippen LogP contribution in [0.1, 0.15) is 22.5 Å². The normalized spacial score (nSPS) is 15.3.